The first kappa shape index (κ1) is 12.8. The Bertz CT molecular complexity index is 588. The van der Waals surface area contributed by atoms with E-state index in [1.807, 2.05) is 6.20 Å². The average Bonchev–Trinajstić information content (AvgIpc) is 2.95. The van der Waals surface area contributed by atoms with Gasteiger partial charge in [0, 0.05) is 43.9 Å². The number of hydrogen-bond donors (Lipinski definition) is 3. The molecule has 0 amide bonds. The van der Waals surface area contributed by atoms with E-state index in [1.165, 1.54) is 6.33 Å². The molecule has 0 aromatic carbocycles. The lowest BCUT2D eigenvalue weighted by Gasteiger charge is -2.14. The van der Waals surface area contributed by atoms with Crippen molar-refractivity contribution in [2.24, 2.45) is 5.92 Å². The van der Waals surface area contributed by atoms with Gasteiger partial charge in [-0.25, -0.2) is 9.97 Å². The summed E-state index contributed by atoms with van der Waals surface area (Å²) in [6.07, 6.45) is 2.84. The molecule has 0 radical (unpaired) electrons. The van der Waals surface area contributed by atoms with Gasteiger partial charge in [-0.1, -0.05) is 11.6 Å². The zero-order valence-corrected chi connectivity index (χ0v) is 11.0. The maximum atomic E-state index is 9.79. The zero-order chi connectivity index (χ0) is 13.4. The Kier molecular flexibility index (Phi) is 3.40. The van der Waals surface area contributed by atoms with Gasteiger partial charge in [0.1, 0.15) is 11.8 Å². The van der Waals surface area contributed by atoms with E-state index in [9.17, 15) is 5.11 Å². The summed E-state index contributed by atoms with van der Waals surface area (Å²) in [5.41, 5.74) is 2.56. The Labute approximate surface area is 115 Å². The number of aliphatic hydroxyl groups is 2. The van der Waals surface area contributed by atoms with Crippen LogP contribution >= 0.6 is 11.6 Å². The van der Waals surface area contributed by atoms with Crippen LogP contribution in [0.4, 0.5) is 0 Å². The number of fused-ring (bicyclic) bond motifs is 1. The quantitative estimate of drug-likeness (QED) is 0.710. The van der Waals surface area contributed by atoms with Gasteiger partial charge in [0.05, 0.1) is 11.6 Å². The van der Waals surface area contributed by atoms with Gasteiger partial charge in [-0.05, 0) is 0 Å². The van der Waals surface area contributed by atoms with Crippen LogP contribution in [0.2, 0.25) is 5.15 Å². The Morgan fingerprint density at radius 1 is 1.42 bits per heavy atom. The van der Waals surface area contributed by atoms with E-state index in [2.05, 4.69) is 19.9 Å². The molecule has 3 rings (SSSR count). The highest BCUT2D eigenvalue weighted by Crippen LogP contribution is 2.24. The third-order valence-electron chi connectivity index (χ3n) is 3.61. The predicted molar refractivity (Wildman–Crippen MR) is 70.8 cm³/mol. The Morgan fingerprint density at radius 2 is 2.26 bits per heavy atom. The van der Waals surface area contributed by atoms with Crippen LogP contribution in [0.15, 0.2) is 12.5 Å². The SMILES string of the molecule is OC[C@H]1CN(Cc2c[nH]c3c(Cl)ncnc23)C[C@@H]1O. The molecule has 2 aromatic rings. The lowest BCUT2D eigenvalue weighted by molar-refractivity contribution is 0.103. The van der Waals surface area contributed by atoms with E-state index >= 15 is 0 Å². The molecule has 2 atom stereocenters. The van der Waals surface area contributed by atoms with Gasteiger partial charge in [-0.2, -0.15) is 0 Å². The van der Waals surface area contributed by atoms with Crippen molar-refractivity contribution >= 4 is 22.6 Å². The highest BCUT2D eigenvalue weighted by molar-refractivity contribution is 6.33. The van der Waals surface area contributed by atoms with Crippen molar-refractivity contribution in [3.05, 3.63) is 23.2 Å². The highest BCUT2D eigenvalue weighted by atomic mass is 35.5. The second-order valence-corrected chi connectivity index (χ2v) is 5.26. The van der Waals surface area contributed by atoms with Gasteiger partial charge < -0.3 is 15.2 Å². The largest absolute Gasteiger partial charge is 0.396 e. The Morgan fingerprint density at radius 3 is 3.00 bits per heavy atom. The number of aliphatic hydroxyl groups excluding tert-OH is 2. The standard InChI is InChI=1S/C12H15ClN4O2/c13-12-11-10(15-6-16-12)7(1-14-11)2-17-3-8(5-18)9(19)4-17/h1,6,8-9,14,18-19H,2-5H2/t8-,9+/m1/s1. The molecule has 1 saturated heterocycles. The Hall–Kier alpha value is -1.21. The molecule has 0 aliphatic carbocycles. The van der Waals surface area contributed by atoms with Gasteiger partial charge in [0.2, 0.25) is 0 Å². The van der Waals surface area contributed by atoms with E-state index in [-0.39, 0.29) is 12.5 Å². The van der Waals surface area contributed by atoms with Crippen molar-refractivity contribution in [2.75, 3.05) is 19.7 Å². The van der Waals surface area contributed by atoms with E-state index in [1.54, 1.807) is 0 Å². The second kappa shape index (κ2) is 5.05. The minimum atomic E-state index is -0.464. The summed E-state index contributed by atoms with van der Waals surface area (Å²) in [6.45, 7) is 1.93. The van der Waals surface area contributed by atoms with E-state index in [0.29, 0.717) is 24.8 Å². The van der Waals surface area contributed by atoms with E-state index < -0.39 is 6.10 Å². The summed E-state index contributed by atoms with van der Waals surface area (Å²) >= 11 is 5.99. The highest BCUT2D eigenvalue weighted by Gasteiger charge is 2.30. The minimum absolute atomic E-state index is 0.0134. The number of likely N-dealkylation sites (tertiary alicyclic amines) is 1. The molecule has 2 aromatic heterocycles. The van der Waals surface area contributed by atoms with Gasteiger partial charge >= 0.3 is 0 Å². The number of rotatable bonds is 3. The number of halogens is 1. The molecule has 19 heavy (non-hydrogen) atoms. The molecular formula is C12H15ClN4O2. The van der Waals surface area contributed by atoms with Crippen LogP contribution in [0.1, 0.15) is 5.56 Å². The van der Waals surface area contributed by atoms with Crippen LogP contribution in [-0.4, -0.2) is 55.9 Å². The number of aromatic nitrogens is 3. The molecule has 0 spiro atoms. The molecule has 1 fully saturated rings. The van der Waals surface area contributed by atoms with Crippen LogP contribution in [0.5, 0.6) is 0 Å². The van der Waals surface area contributed by atoms with Gasteiger partial charge in [0.25, 0.3) is 0 Å². The minimum Gasteiger partial charge on any atom is -0.396 e. The first-order valence-corrected chi connectivity index (χ1v) is 6.54. The fraction of sp³-hybridized carbons (Fsp3) is 0.500. The average molecular weight is 283 g/mol. The van der Waals surface area contributed by atoms with Crippen LogP contribution < -0.4 is 0 Å². The second-order valence-electron chi connectivity index (χ2n) is 4.91. The molecular weight excluding hydrogens is 268 g/mol. The van der Waals surface area contributed by atoms with E-state index in [0.717, 1.165) is 16.6 Å². The topological polar surface area (TPSA) is 85.3 Å². The maximum Gasteiger partial charge on any atom is 0.156 e. The normalized spacial score (nSPS) is 24.4. The van der Waals surface area contributed by atoms with Crippen molar-refractivity contribution in [3.8, 4) is 0 Å². The first-order valence-electron chi connectivity index (χ1n) is 6.16. The fourth-order valence-corrected chi connectivity index (χ4v) is 2.76. The number of nitrogens with zero attached hydrogens (tertiary/aromatic N) is 3. The zero-order valence-electron chi connectivity index (χ0n) is 10.3. The summed E-state index contributed by atoms with van der Waals surface area (Å²) in [5, 5.41) is 19.4. The number of β-amino-alcohol motifs (C(OH)–C–C–N with tert-alkyl or cyclic N) is 1. The summed E-state index contributed by atoms with van der Waals surface area (Å²) in [5.74, 6) is -0.0663. The van der Waals surface area contributed by atoms with Crippen molar-refractivity contribution in [1.29, 1.82) is 0 Å². The summed E-state index contributed by atoms with van der Waals surface area (Å²) < 4.78 is 0. The van der Waals surface area contributed by atoms with E-state index in [4.69, 9.17) is 16.7 Å². The lowest BCUT2D eigenvalue weighted by atomic mass is 10.1. The molecule has 1 aliphatic heterocycles. The van der Waals surface area contributed by atoms with Crippen LogP contribution in [0.3, 0.4) is 0 Å². The van der Waals surface area contributed by atoms with Gasteiger partial charge in [0.15, 0.2) is 5.15 Å². The first-order chi connectivity index (χ1) is 9.19. The van der Waals surface area contributed by atoms with Crippen molar-refractivity contribution < 1.29 is 10.2 Å². The monoisotopic (exact) mass is 282 g/mol. The van der Waals surface area contributed by atoms with Crippen LogP contribution in [0.25, 0.3) is 11.0 Å². The lowest BCUT2D eigenvalue weighted by Crippen LogP contribution is -2.21. The van der Waals surface area contributed by atoms with Crippen molar-refractivity contribution in [1.82, 2.24) is 19.9 Å². The molecule has 3 N–H and O–H groups in total. The van der Waals surface area contributed by atoms with Crippen molar-refractivity contribution in [3.63, 3.8) is 0 Å². The number of aromatic amines is 1. The number of H-pyrrole nitrogens is 1. The molecule has 1 aliphatic rings. The van der Waals surface area contributed by atoms with Crippen molar-refractivity contribution in [2.45, 2.75) is 12.6 Å². The fourth-order valence-electron chi connectivity index (χ4n) is 2.57. The molecule has 0 unspecified atom stereocenters. The molecule has 0 saturated carbocycles. The Balaban J connectivity index is 1.81. The predicted octanol–water partition coefficient (Wildman–Crippen LogP) is 0.396. The van der Waals surface area contributed by atoms with Gasteiger partial charge in [-0.3, -0.25) is 4.90 Å². The molecule has 6 nitrogen and oxygen atoms in total. The number of hydrogen-bond acceptors (Lipinski definition) is 5. The van der Waals surface area contributed by atoms with Crippen LogP contribution in [-0.2, 0) is 6.54 Å². The summed E-state index contributed by atoms with van der Waals surface area (Å²) in [6, 6.07) is 0. The summed E-state index contributed by atoms with van der Waals surface area (Å²) in [4.78, 5) is 13.3. The van der Waals surface area contributed by atoms with Gasteiger partial charge in [-0.15, -0.1) is 0 Å². The maximum absolute atomic E-state index is 9.79. The molecule has 0 bridgehead atoms. The smallest absolute Gasteiger partial charge is 0.156 e. The van der Waals surface area contributed by atoms with Crippen LogP contribution in [0, 0.1) is 5.92 Å². The molecule has 7 heteroatoms. The molecule has 102 valence electrons. The third-order valence-corrected chi connectivity index (χ3v) is 3.89. The third kappa shape index (κ3) is 2.32. The molecule has 3 heterocycles. The summed E-state index contributed by atoms with van der Waals surface area (Å²) in [7, 11) is 0. The number of nitrogens with one attached hydrogen (secondary N) is 1.